The molecule has 29 heavy (non-hydrogen) atoms. The Balaban J connectivity index is 1.55. The first kappa shape index (κ1) is 19.9. The standard InChI is InChI=1S/C23H26N2O3S/c1-2-28-22-12-13-23(21-11-7-6-10-20(21)22)29(26,27)25-16-14-24(15-17-25)18-19-8-4-3-5-9-19/h3-13H,2,14-18H2,1H3. The number of piperazine rings is 1. The SMILES string of the molecule is CCOc1ccc(S(=O)(=O)N2CCN(Cc3ccccc3)CC2)c2ccccc12. The lowest BCUT2D eigenvalue weighted by molar-refractivity contribution is 0.181. The molecule has 0 atom stereocenters. The Morgan fingerprint density at radius 1 is 0.828 bits per heavy atom. The van der Waals surface area contributed by atoms with E-state index in [0.29, 0.717) is 30.0 Å². The van der Waals surface area contributed by atoms with Crippen molar-refractivity contribution in [3.8, 4) is 5.75 Å². The van der Waals surface area contributed by atoms with Gasteiger partial charge in [0.1, 0.15) is 5.75 Å². The van der Waals surface area contributed by atoms with Gasteiger partial charge in [0.2, 0.25) is 10.0 Å². The maximum absolute atomic E-state index is 13.4. The van der Waals surface area contributed by atoms with Crippen molar-refractivity contribution in [2.24, 2.45) is 0 Å². The van der Waals surface area contributed by atoms with Crippen molar-refractivity contribution in [2.75, 3.05) is 32.8 Å². The quantitative estimate of drug-likeness (QED) is 0.621. The van der Waals surface area contributed by atoms with Crippen LogP contribution in [0.3, 0.4) is 0 Å². The van der Waals surface area contributed by atoms with Gasteiger partial charge in [-0.2, -0.15) is 4.31 Å². The second kappa shape index (κ2) is 8.53. The fraction of sp³-hybridized carbons (Fsp3) is 0.304. The summed E-state index contributed by atoms with van der Waals surface area (Å²) in [6, 6.07) is 21.3. The average Bonchev–Trinajstić information content (AvgIpc) is 2.75. The number of fused-ring (bicyclic) bond motifs is 1. The summed E-state index contributed by atoms with van der Waals surface area (Å²) in [6.07, 6.45) is 0. The van der Waals surface area contributed by atoms with Crippen LogP contribution in [0.5, 0.6) is 5.75 Å². The number of benzene rings is 3. The molecule has 0 radical (unpaired) electrons. The Kier molecular flexibility index (Phi) is 5.85. The van der Waals surface area contributed by atoms with Gasteiger partial charge in [-0.1, -0.05) is 54.6 Å². The molecule has 1 aliphatic rings. The van der Waals surface area contributed by atoms with E-state index in [1.807, 2.05) is 49.4 Å². The van der Waals surface area contributed by atoms with Gasteiger partial charge in [-0.25, -0.2) is 8.42 Å². The highest BCUT2D eigenvalue weighted by Crippen LogP contribution is 2.33. The molecule has 0 amide bonds. The van der Waals surface area contributed by atoms with Crippen molar-refractivity contribution in [1.82, 2.24) is 9.21 Å². The molecule has 0 N–H and O–H groups in total. The summed E-state index contributed by atoms with van der Waals surface area (Å²) in [4.78, 5) is 2.66. The maximum Gasteiger partial charge on any atom is 0.243 e. The van der Waals surface area contributed by atoms with Crippen LogP contribution in [0.1, 0.15) is 12.5 Å². The Hall–Kier alpha value is -2.41. The molecule has 0 bridgehead atoms. The van der Waals surface area contributed by atoms with Gasteiger partial charge in [0.25, 0.3) is 0 Å². The van der Waals surface area contributed by atoms with Crippen LogP contribution in [0.4, 0.5) is 0 Å². The molecular weight excluding hydrogens is 384 g/mol. The van der Waals surface area contributed by atoms with Crippen LogP contribution in [-0.4, -0.2) is 50.4 Å². The van der Waals surface area contributed by atoms with Crippen LogP contribution >= 0.6 is 0 Å². The average molecular weight is 411 g/mol. The predicted molar refractivity (Wildman–Crippen MR) is 116 cm³/mol. The van der Waals surface area contributed by atoms with E-state index < -0.39 is 10.0 Å². The Bertz CT molecular complexity index is 1080. The van der Waals surface area contributed by atoms with Gasteiger partial charge in [-0.15, -0.1) is 0 Å². The molecule has 6 heteroatoms. The van der Waals surface area contributed by atoms with Gasteiger partial charge in [0, 0.05) is 43.5 Å². The van der Waals surface area contributed by atoms with Crippen LogP contribution in [0, 0.1) is 0 Å². The summed E-state index contributed by atoms with van der Waals surface area (Å²) in [5, 5.41) is 1.54. The maximum atomic E-state index is 13.4. The van der Waals surface area contributed by atoms with Gasteiger partial charge < -0.3 is 4.74 Å². The molecular formula is C23H26N2O3S. The summed E-state index contributed by atoms with van der Waals surface area (Å²) in [6.45, 7) is 5.76. The van der Waals surface area contributed by atoms with E-state index in [4.69, 9.17) is 4.74 Å². The summed E-state index contributed by atoms with van der Waals surface area (Å²) in [7, 11) is -3.57. The number of rotatable bonds is 6. The first-order chi connectivity index (χ1) is 14.1. The summed E-state index contributed by atoms with van der Waals surface area (Å²) in [5.41, 5.74) is 1.25. The fourth-order valence-corrected chi connectivity index (χ4v) is 5.48. The number of sulfonamides is 1. The topological polar surface area (TPSA) is 49.9 Å². The summed E-state index contributed by atoms with van der Waals surface area (Å²) in [5.74, 6) is 0.717. The van der Waals surface area contributed by atoms with Crippen molar-refractivity contribution in [2.45, 2.75) is 18.4 Å². The van der Waals surface area contributed by atoms with Crippen molar-refractivity contribution >= 4 is 20.8 Å². The first-order valence-electron chi connectivity index (χ1n) is 10.0. The molecule has 152 valence electrons. The van der Waals surface area contributed by atoms with Crippen molar-refractivity contribution < 1.29 is 13.2 Å². The van der Waals surface area contributed by atoms with E-state index >= 15 is 0 Å². The van der Waals surface area contributed by atoms with Gasteiger partial charge in [0.15, 0.2) is 0 Å². The molecule has 3 aromatic rings. The highest BCUT2D eigenvalue weighted by atomic mass is 32.2. The minimum atomic E-state index is -3.57. The van der Waals surface area contributed by atoms with Crippen molar-refractivity contribution in [1.29, 1.82) is 0 Å². The van der Waals surface area contributed by atoms with Gasteiger partial charge >= 0.3 is 0 Å². The smallest absolute Gasteiger partial charge is 0.243 e. The van der Waals surface area contributed by atoms with Crippen LogP contribution in [0.25, 0.3) is 10.8 Å². The second-order valence-electron chi connectivity index (χ2n) is 7.21. The molecule has 1 fully saturated rings. The van der Waals surface area contributed by atoms with E-state index in [1.165, 1.54) is 5.56 Å². The first-order valence-corrected chi connectivity index (χ1v) is 11.4. The Labute approximate surface area is 172 Å². The monoisotopic (exact) mass is 410 g/mol. The number of nitrogens with zero attached hydrogens (tertiary/aromatic N) is 2. The fourth-order valence-electron chi connectivity index (χ4n) is 3.86. The zero-order chi connectivity index (χ0) is 20.3. The molecule has 4 rings (SSSR count). The Morgan fingerprint density at radius 2 is 1.48 bits per heavy atom. The van der Waals surface area contributed by atoms with E-state index in [0.717, 1.165) is 30.8 Å². The zero-order valence-electron chi connectivity index (χ0n) is 16.6. The minimum absolute atomic E-state index is 0.355. The largest absolute Gasteiger partial charge is 0.493 e. The third kappa shape index (κ3) is 4.15. The third-order valence-electron chi connectivity index (χ3n) is 5.34. The molecule has 5 nitrogen and oxygen atoms in total. The minimum Gasteiger partial charge on any atom is -0.493 e. The molecule has 0 unspecified atom stereocenters. The molecule has 0 aliphatic carbocycles. The molecule has 0 aromatic heterocycles. The lowest BCUT2D eigenvalue weighted by Crippen LogP contribution is -2.48. The molecule has 1 aliphatic heterocycles. The van der Waals surface area contributed by atoms with Gasteiger partial charge in [-0.3, -0.25) is 4.90 Å². The molecule has 1 saturated heterocycles. The highest BCUT2D eigenvalue weighted by Gasteiger charge is 2.30. The summed E-state index contributed by atoms with van der Waals surface area (Å²) < 4.78 is 34.1. The number of hydrogen-bond donors (Lipinski definition) is 0. The van der Waals surface area contributed by atoms with Crippen LogP contribution in [0.2, 0.25) is 0 Å². The molecule has 1 heterocycles. The van der Waals surface area contributed by atoms with Crippen molar-refractivity contribution in [3.63, 3.8) is 0 Å². The number of ether oxygens (including phenoxy) is 1. The Morgan fingerprint density at radius 3 is 2.17 bits per heavy atom. The van der Waals surface area contributed by atoms with E-state index in [2.05, 4.69) is 17.0 Å². The predicted octanol–water partition coefficient (Wildman–Crippen LogP) is 3.75. The normalized spacial score (nSPS) is 16.2. The van der Waals surface area contributed by atoms with Crippen LogP contribution in [-0.2, 0) is 16.6 Å². The summed E-state index contributed by atoms with van der Waals surface area (Å²) >= 11 is 0. The van der Waals surface area contributed by atoms with E-state index in [-0.39, 0.29) is 0 Å². The molecule has 3 aromatic carbocycles. The number of hydrogen-bond acceptors (Lipinski definition) is 4. The molecule has 0 spiro atoms. The van der Waals surface area contributed by atoms with Crippen molar-refractivity contribution in [3.05, 3.63) is 72.3 Å². The molecule has 0 saturated carbocycles. The second-order valence-corrected chi connectivity index (χ2v) is 9.11. The van der Waals surface area contributed by atoms with E-state index in [9.17, 15) is 8.42 Å². The zero-order valence-corrected chi connectivity index (χ0v) is 17.4. The van der Waals surface area contributed by atoms with Gasteiger partial charge in [0.05, 0.1) is 11.5 Å². The highest BCUT2D eigenvalue weighted by molar-refractivity contribution is 7.89. The van der Waals surface area contributed by atoms with Crippen LogP contribution in [0.15, 0.2) is 71.6 Å². The van der Waals surface area contributed by atoms with E-state index in [1.54, 1.807) is 16.4 Å². The van der Waals surface area contributed by atoms with Gasteiger partial charge in [-0.05, 0) is 24.6 Å². The lowest BCUT2D eigenvalue weighted by Gasteiger charge is -2.34. The lowest BCUT2D eigenvalue weighted by atomic mass is 10.1. The van der Waals surface area contributed by atoms with Crippen LogP contribution < -0.4 is 4.74 Å². The third-order valence-corrected chi connectivity index (χ3v) is 7.30.